The Labute approximate surface area is 118 Å². The molecule has 2 rings (SSSR count). The van der Waals surface area contributed by atoms with Gasteiger partial charge in [-0.15, -0.1) is 11.3 Å². The third-order valence-electron chi connectivity index (χ3n) is 2.99. The summed E-state index contributed by atoms with van der Waals surface area (Å²) in [5, 5.41) is 12.0. The summed E-state index contributed by atoms with van der Waals surface area (Å²) in [6.07, 6.45) is -5.33. The lowest BCUT2D eigenvalue weighted by Gasteiger charge is -2.14. The molecule has 1 aromatic carbocycles. The molecule has 0 aliphatic carbocycles. The first-order chi connectivity index (χ1) is 9.32. The highest BCUT2D eigenvalue weighted by molar-refractivity contribution is 7.10. The molecule has 0 saturated carbocycles. The van der Waals surface area contributed by atoms with E-state index in [0.717, 1.165) is 12.1 Å². The minimum Gasteiger partial charge on any atom is -0.496 e. The smallest absolute Gasteiger partial charge is 0.416 e. The van der Waals surface area contributed by atoms with Crippen LogP contribution in [0.15, 0.2) is 29.6 Å². The van der Waals surface area contributed by atoms with Crippen molar-refractivity contribution < 1.29 is 23.0 Å². The predicted molar refractivity (Wildman–Crippen MR) is 71.1 cm³/mol. The SMILES string of the molecule is COc1csc(C(O)c2ccc(C(F)(F)F)cc2C)c1. The van der Waals surface area contributed by atoms with Crippen LogP contribution in [0.4, 0.5) is 13.2 Å². The molecule has 1 aromatic heterocycles. The Balaban J connectivity index is 2.33. The molecule has 0 radical (unpaired) electrons. The average Bonchev–Trinajstić information content (AvgIpc) is 2.85. The molecule has 0 aliphatic rings. The minimum absolute atomic E-state index is 0.402. The van der Waals surface area contributed by atoms with E-state index in [1.165, 1.54) is 24.5 Å². The first kappa shape index (κ1) is 14.9. The van der Waals surface area contributed by atoms with Gasteiger partial charge >= 0.3 is 6.18 Å². The Bertz CT molecular complexity index is 605. The number of alkyl halides is 3. The lowest BCUT2D eigenvalue weighted by molar-refractivity contribution is -0.137. The first-order valence-electron chi connectivity index (χ1n) is 5.81. The molecular weight excluding hydrogens is 289 g/mol. The van der Waals surface area contributed by atoms with E-state index in [1.807, 2.05) is 0 Å². The molecule has 0 amide bonds. The van der Waals surface area contributed by atoms with Gasteiger partial charge in [0.2, 0.25) is 0 Å². The zero-order valence-corrected chi connectivity index (χ0v) is 11.7. The molecular formula is C14H13F3O2S. The van der Waals surface area contributed by atoms with Crippen molar-refractivity contribution in [2.24, 2.45) is 0 Å². The normalized spacial score (nSPS) is 13.3. The minimum atomic E-state index is -4.37. The van der Waals surface area contributed by atoms with Gasteiger partial charge in [0.25, 0.3) is 0 Å². The molecule has 1 unspecified atom stereocenters. The number of halogens is 3. The lowest BCUT2D eigenvalue weighted by Crippen LogP contribution is -2.07. The maximum Gasteiger partial charge on any atom is 0.416 e. The summed E-state index contributed by atoms with van der Waals surface area (Å²) in [4.78, 5) is 0.629. The topological polar surface area (TPSA) is 29.5 Å². The van der Waals surface area contributed by atoms with Crippen LogP contribution >= 0.6 is 11.3 Å². The van der Waals surface area contributed by atoms with Crippen molar-refractivity contribution in [2.75, 3.05) is 7.11 Å². The van der Waals surface area contributed by atoms with E-state index in [0.29, 0.717) is 21.8 Å². The number of aliphatic hydroxyl groups is 1. The highest BCUT2D eigenvalue weighted by Gasteiger charge is 2.31. The van der Waals surface area contributed by atoms with E-state index in [1.54, 1.807) is 18.4 Å². The fourth-order valence-electron chi connectivity index (χ4n) is 1.90. The summed E-state index contributed by atoms with van der Waals surface area (Å²) >= 11 is 1.30. The summed E-state index contributed by atoms with van der Waals surface area (Å²) in [6, 6.07) is 5.02. The van der Waals surface area contributed by atoms with Crippen molar-refractivity contribution in [3.8, 4) is 5.75 Å². The summed E-state index contributed by atoms with van der Waals surface area (Å²) in [7, 11) is 1.52. The van der Waals surface area contributed by atoms with Gasteiger partial charge in [0.1, 0.15) is 11.9 Å². The summed E-state index contributed by atoms with van der Waals surface area (Å²) in [6.45, 7) is 1.55. The number of aryl methyl sites for hydroxylation is 1. The van der Waals surface area contributed by atoms with Gasteiger partial charge in [0, 0.05) is 10.3 Å². The summed E-state index contributed by atoms with van der Waals surface area (Å²) in [5.74, 6) is 0.619. The second-order valence-electron chi connectivity index (χ2n) is 4.36. The number of rotatable bonds is 3. The number of hydrogen-bond donors (Lipinski definition) is 1. The predicted octanol–water partition coefficient (Wildman–Crippen LogP) is 4.17. The molecule has 20 heavy (non-hydrogen) atoms. The van der Waals surface area contributed by atoms with Crippen LogP contribution in [0.3, 0.4) is 0 Å². The van der Waals surface area contributed by atoms with Crippen LogP contribution in [-0.2, 0) is 6.18 Å². The molecule has 108 valence electrons. The van der Waals surface area contributed by atoms with Gasteiger partial charge in [-0.05, 0) is 36.2 Å². The van der Waals surface area contributed by atoms with E-state index in [4.69, 9.17) is 4.74 Å². The van der Waals surface area contributed by atoms with E-state index in [-0.39, 0.29) is 0 Å². The fourth-order valence-corrected chi connectivity index (χ4v) is 2.75. The Morgan fingerprint density at radius 3 is 2.45 bits per heavy atom. The molecule has 0 saturated heterocycles. The number of thiophene rings is 1. The molecule has 0 spiro atoms. The Hall–Kier alpha value is -1.53. The highest BCUT2D eigenvalue weighted by atomic mass is 32.1. The maximum atomic E-state index is 12.6. The van der Waals surface area contributed by atoms with Gasteiger partial charge in [0.15, 0.2) is 0 Å². The maximum absolute atomic E-state index is 12.6. The van der Waals surface area contributed by atoms with Gasteiger partial charge in [-0.3, -0.25) is 0 Å². The van der Waals surface area contributed by atoms with Crippen LogP contribution in [0.2, 0.25) is 0 Å². The molecule has 1 heterocycles. The van der Waals surface area contributed by atoms with Gasteiger partial charge in [0.05, 0.1) is 12.7 Å². The van der Waals surface area contributed by atoms with Crippen LogP contribution in [-0.4, -0.2) is 12.2 Å². The van der Waals surface area contributed by atoms with E-state index in [2.05, 4.69) is 0 Å². The van der Waals surface area contributed by atoms with E-state index >= 15 is 0 Å². The van der Waals surface area contributed by atoms with Crippen molar-refractivity contribution in [1.29, 1.82) is 0 Å². The van der Waals surface area contributed by atoms with Crippen molar-refractivity contribution in [2.45, 2.75) is 19.2 Å². The van der Waals surface area contributed by atoms with E-state index < -0.39 is 17.8 Å². The van der Waals surface area contributed by atoms with Crippen molar-refractivity contribution >= 4 is 11.3 Å². The fraction of sp³-hybridized carbons (Fsp3) is 0.286. The third-order valence-corrected chi connectivity index (χ3v) is 3.96. The number of benzene rings is 1. The molecule has 1 atom stereocenters. The van der Waals surface area contributed by atoms with Crippen LogP contribution in [0.5, 0.6) is 5.75 Å². The van der Waals surface area contributed by atoms with E-state index in [9.17, 15) is 18.3 Å². The van der Waals surface area contributed by atoms with Gasteiger partial charge in [-0.1, -0.05) is 6.07 Å². The third kappa shape index (κ3) is 2.96. The Kier molecular flexibility index (Phi) is 4.06. The second kappa shape index (κ2) is 5.46. The molecule has 1 N–H and O–H groups in total. The summed E-state index contributed by atoms with van der Waals surface area (Å²) < 4.78 is 42.8. The quantitative estimate of drug-likeness (QED) is 0.922. The standard InChI is InChI=1S/C14H13F3O2S/c1-8-5-9(14(15,16)17)3-4-11(8)13(18)12-6-10(19-2)7-20-12/h3-7,13,18H,1-2H3. The van der Waals surface area contributed by atoms with Gasteiger partial charge in [-0.25, -0.2) is 0 Å². The van der Waals surface area contributed by atoms with Crippen LogP contribution in [0.1, 0.15) is 27.7 Å². The van der Waals surface area contributed by atoms with Gasteiger partial charge < -0.3 is 9.84 Å². The highest BCUT2D eigenvalue weighted by Crippen LogP contribution is 2.35. The van der Waals surface area contributed by atoms with Crippen LogP contribution < -0.4 is 4.74 Å². The molecule has 6 heteroatoms. The molecule has 2 nitrogen and oxygen atoms in total. The molecule has 0 bridgehead atoms. The van der Waals surface area contributed by atoms with Crippen LogP contribution in [0.25, 0.3) is 0 Å². The Morgan fingerprint density at radius 2 is 1.95 bits per heavy atom. The zero-order chi connectivity index (χ0) is 14.9. The number of hydrogen-bond acceptors (Lipinski definition) is 3. The zero-order valence-electron chi connectivity index (χ0n) is 10.9. The van der Waals surface area contributed by atoms with Crippen molar-refractivity contribution in [3.05, 3.63) is 51.2 Å². The summed E-state index contributed by atoms with van der Waals surface area (Å²) in [5.41, 5.74) is 0.150. The number of ether oxygens (including phenoxy) is 1. The first-order valence-corrected chi connectivity index (χ1v) is 6.69. The average molecular weight is 302 g/mol. The van der Waals surface area contributed by atoms with Gasteiger partial charge in [-0.2, -0.15) is 13.2 Å². The second-order valence-corrected chi connectivity index (χ2v) is 5.30. The number of methoxy groups -OCH3 is 1. The van der Waals surface area contributed by atoms with Crippen molar-refractivity contribution in [3.63, 3.8) is 0 Å². The Morgan fingerprint density at radius 1 is 1.25 bits per heavy atom. The molecule has 0 aliphatic heterocycles. The largest absolute Gasteiger partial charge is 0.496 e. The monoisotopic (exact) mass is 302 g/mol. The lowest BCUT2D eigenvalue weighted by atomic mass is 9.99. The molecule has 0 fully saturated rings. The van der Waals surface area contributed by atoms with Crippen LogP contribution in [0, 0.1) is 6.92 Å². The number of aliphatic hydroxyl groups excluding tert-OH is 1. The molecule has 2 aromatic rings. The van der Waals surface area contributed by atoms with Crippen molar-refractivity contribution in [1.82, 2.24) is 0 Å².